The highest BCUT2D eigenvalue weighted by Crippen LogP contribution is 2.30. The number of rotatable bonds is 3. The molecule has 6 heteroatoms. The summed E-state index contributed by atoms with van der Waals surface area (Å²) in [5, 5.41) is 1.82. The van der Waals surface area contributed by atoms with E-state index in [4.69, 9.17) is 11.6 Å². The average molecular weight is 308 g/mol. The van der Waals surface area contributed by atoms with Crippen molar-refractivity contribution in [2.45, 2.75) is 30.4 Å². The number of hydrogen-bond acceptors (Lipinski definition) is 3. The van der Waals surface area contributed by atoms with Gasteiger partial charge in [-0.3, -0.25) is 0 Å². The number of halogens is 1. The minimum atomic E-state index is -3.31. The van der Waals surface area contributed by atoms with E-state index in [1.165, 1.54) is 11.3 Å². The van der Waals surface area contributed by atoms with Crippen molar-refractivity contribution in [2.24, 2.45) is 11.8 Å². The fourth-order valence-corrected chi connectivity index (χ4v) is 5.29. The third kappa shape index (κ3) is 2.74. The zero-order valence-corrected chi connectivity index (χ0v) is 13.0. The van der Waals surface area contributed by atoms with Gasteiger partial charge < -0.3 is 0 Å². The Morgan fingerprint density at radius 3 is 2.72 bits per heavy atom. The van der Waals surface area contributed by atoms with Crippen LogP contribution < -0.4 is 0 Å². The molecule has 1 saturated heterocycles. The molecule has 18 heavy (non-hydrogen) atoms. The quantitative estimate of drug-likeness (QED) is 0.804. The van der Waals surface area contributed by atoms with Crippen LogP contribution in [0.4, 0.5) is 0 Å². The molecule has 2 rings (SSSR count). The average Bonchev–Trinajstić information content (AvgIpc) is 2.81. The van der Waals surface area contributed by atoms with Crippen LogP contribution >= 0.6 is 22.9 Å². The maximum atomic E-state index is 12.5. The molecule has 0 spiro atoms. The van der Waals surface area contributed by atoms with E-state index in [2.05, 4.69) is 13.8 Å². The van der Waals surface area contributed by atoms with Crippen molar-refractivity contribution in [3.63, 3.8) is 0 Å². The third-order valence-corrected chi connectivity index (χ3v) is 7.31. The van der Waals surface area contributed by atoms with Crippen LogP contribution in [-0.4, -0.2) is 25.8 Å². The normalized spacial score (nSPS) is 26.4. The summed E-state index contributed by atoms with van der Waals surface area (Å²) in [5.41, 5.74) is 0.874. The summed E-state index contributed by atoms with van der Waals surface area (Å²) in [7, 11) is -3.31. The summed E-state index contributed by atoms with van der Waals surface area (Å²) in [6.45, 7) is 5.55. The molecule has 0 aliphatic carbocycles. The molecule has 1 aliphatic rings. The Balaban J connectivity index is 2.21. The van der Waals surface area contributed by atoms with Crippen molar-refractivity contribution in [1.82, 2.24) is 4.31 Å². The van der Waals surface area contributed by atoms with Gasteiger partial charge in [-0.25, -0.2) is 8.42 Å². The lowest BCUT2D eigenvalue weighted by Gasteiger charge is -2.34. The molecule has 0 saturated carbocycles. The lowest BCUT2D eigenvalue weighted by molar-refractivity contribution is 0.213. The van der Waals surface area contributed by atoms with E-state index in [0.717, 1.165) is 12.0 Å². The summed E-state index contributed by atoms with van der Waals surface area (Å²) < 4.78 is 27.0. The Labute approximate surface area is 118 Å². The Morgan fingerprint density at radius 2 is 2.17 bits per heavy atom. The van der Waals surface area contributed by atoms with E-state index in [1.807, 2.05) is 5.38 Å². The Morgan fingerprint density at radius 1 is 1.44 bits per heavy atom. The van der Waals surface area contributed by atoms with Crippen LogP contribution in [0.2, 0.25) is 0 Å². The molecule has 2 heterocycles. The van der Waals surface area contributed by atoms with E-state index in [1.54, 1.807) is 10.4 Å². The molecular weight excluding hydrogens is 290 g/mol. The van der Waals surface area contributed by atoms with Gasteiger partial charge >= 0.3 is 0 Å². The summed E-state index contributed by atoms with van der Waals surface area (Å²) in [6.07, 6.45) is 0.939. The number of sulfonamides is 1. The molecule has 1 aromatic rings. The van der Waals surface area contributed by atoms with Gasteiger partial charge in [-0.2, -0.15) is 4.31 Å². The SMILES string of the molecule is CC1CCN(S(=O)(=O)c2cc(CCl)cs2)CC1C. The Bertz CT molecular complexity index is 512. The van der Waals surface area contributed by atoms with Crippen LogP contribution in [-0.2, 0) is 15.9 Å². The van der Waals surface area contributed by atoms with E-state index in [9.17, 15) is 8.42 Å². The van der Waals surface area contributed by atoms with Crippen LogP contribution in [0.5, 0.6) is 0 Å². The second-order valence-corrected chi connectivity index (χ2v) is 8.36. The molecule has 2 atom stereocenters. The molecule has 3 nitrogen and oxygen atoms in total. The lowest BCUT2D eigenvalue weighted by atomic mass is 9.90. The second-order valence-electron chi connectivity index (χ2n) is 5.01. The first kappa shape index (κ1) is 14.3. The van der Waals surface area contributed by atoms with E-state index >= 15 is 0 Å². The zero-order chi connectivity index (χ0) is 13.3. The highest BCUT2D eigenvalue weighted by Gasteiger charge is 2.32. The molecule has 1 aliphatic heterocycles. The largest absolute Gasteiger partial charge is 0.252 e. The first-order valence-corrected chi connectivity index (χ1v) is 8.94. The van der Waals surface area contributed by atoms with Crippen molar-refractivity contribution in [1.29, 1.82) is 0 Å². The van der Waals surface area contributed by atoms with Gasteiger partial charge in [0.25, 0.3) is 10.0 Å². The molecule has 102 valence electrons. The van der Waals surface area contributed by atoms with Gasteiger partial charge in [0.15, 0.2) is 0 Å². The minimum absolute atomic E-state index is 0.361. The third-order valence-electron chi connectivity index (χ3n) is 3.68. The van der Waals surface area contributed by atoms with Crippen molar-refractivity contribution in [3.05, 3.63) is 17.0 Å². The highest BCUT2D eigenvalue weighted by atomic mass is 35.5. The van der Waals surface area contributed by atoms with Gasteiger partial charge in [0.05, 0.1) is 0 Å². The monoisotopic (exact) mass is 307 g/mol. The number of nitrogens with zero attached hydrogens (tertiary/aromatic N) is 1. The molecule has 0 radical (unpaired) electrons. The van der Waals surface area contributed by atoms with Crippen LogP contribution in [0.1, 0.15) is 25.8 Å². The molecule has 1 fully saturated rings. The van der Waals surface area contributed by atoms with Gasteiger partial charge in [-0.15, -0.1) is 22.9 Å². The molecule has 2 unspecified atom stereocenters. The van der Waals surface area contributed by atoms with E-state index in [-0.39, 0.29) is 0 Å². The summed E-state index contributed by atoms with van der Waals surface area (Å²) >= 11 is 6.98. The van der Waals surface area contributed by atoms with Gasteiger partial charge in [0.2, 0.25) is 0 Å². The first-order chi connectivity index (χ1) is 8.45. The number of alkyl halides is 1. The molecule has 0 bridgehead atoms. The highest BCUT2D eigenvalue weighted by molar-refractivity contribution is 7.91. The molecular formula is C12H18ClNO2S2. The molecule has 0 amide bonds. The zero-order valence-electron chi connectivity index (χ0n) is 10.6. The number of thiophene rings is 1. The number of piperidine rings is 1. The van der Waals surface area contributed by atoms with Crippen molar-refractivity contribution in [3.8, 4) is 0 Å². The first-order valence-electron chi connectivity index (χ1n) is 6.08. The molecule has 0 N–H and O–H groups in total. The topological polar surface area (TPSA) is 37.4 Å². The minimum Gasteiger partial charge on any atom is -0.206 e. The van der Waals surface area contributed by atoms with Crippen LogP contribution in [0.3, 0.4) is 0 Å². The van der Waals surface area contributed by atoms with E-state index in [0.29, 0.717) is 35.0 Å². The predicted octanol–water partition coefficient (Wildman–Crippen LogP) is 3.15. The second kappa shape index (κ2) is 5.49. The number of hydrogen-bond donors (Lipinski definition) is 0. The summed E-state index contributed by atoms with van der Waals surface area (Å²) in [5.74, 6) is 1.37. The standard InChI is InChI=1S/C12H18ClNO2S2/c1-9-3-4-14(7-10(9)2)18(15,16)12-5-11(6-13)8-17-12/h5,8-10H,3-4,6-7H2,1-2H3. The van der Waals surface area contributed by atoms with Gasteiger partial charge in [0, 0.05) is 19.0 Å². The maximum Gasteiger partial charge on any atom is 0.252 e. The van der Waals surface area contributed by atoms with Crippen molar-refractivity contribution in [2.75, 3.05) is 13.1 Å². The van der Waals surface area contributed by atoms with Gasteiger partial charge in [-0.1, -0.05) is 13.8 Å². The predicted molar refractivity (Wildman–Crippen MR) is 75.6 cm³/mol. The van der Waals surface area contributed by atoms with Crippen molar-refractivity contribution < 1.29 is 8.42 Å². The molecule has 0 aromatic carbocycles. The van der Waals surface area contributed by atoms with E-state index < -0.39 is 10.0 Å². The molecule has 1 aromatic heterocycles. The van der Waals surface area contributed by atoms with Gasteiger partial charge in [-0.05, 0) is 35.3 Å². The fraction of sp³-hybridized carbons (Fsp3) is 0.667. The lowest BCUT2D eigenvalue weighted by Crippen LogP contribution is -2.41. The Kier molecular flexibility index (Phi) is 4.36. The Hall–Kier alpha value is -0.100. The fourth-order valence-electron chi connectivity index (χ4n) is 2.13. The smallest absolute Gasteiger partial charge is 0.206 e. The van der Waals surface area contributed by atoms with Gasteiger partial charge in [0.1, 0.15) is 4.21 Å². The van der Waals surface area contributed by atoms with Crippen LogP contribution in [0.15, 0.2) is 15.7 Å². The maximum absolute atomic E-state index is 12.5. The van der Waals surface area contributed by atoms with Crippen molar-refractivity contribution >= 4 is 33.0 Å². The summed E-state index contributed by atoms with van der Waals surface area (Å²) in [4.78, 5) is 0. The van der Waals surface area contributed by atoms with Crippen LogP contribution in [0.25, 0.3) is 0 Å². The summed E-state index contributed by atoms with van der Waals surface area (Å²) in [6, 6.07) is 1.69. The van der Waals surface area contributed by atoms with Crippen LogP contribution in [0, 0.1) is 11.8 Å².